The summed E-state index contributed by atoms with van der Waals surface area (Å²) in [5.74, 6) is 0.332. The fraction of sp³-hybridized carbons (Fsp3) is 0.533. The van der Waals surface area contributed by atoms with Crippen LogP contribution in [0, 0.1) is 5.92 Å². The minimum Gasteiger partial charge on any atom is -0.377 e. The maximum atomic E-state index is 11.7. The van der Waals surface area contributed by atoms with Crippen LogP contribution in [0.2, 0.25) is 0 Å². The largest absolute Gasteiger partial charge is 0.377 e. The highest BCUT2D eigenvalue weighted by molar-refractivity contribution is 5.79. The molecule has 1 aliphatic rings. The van der Waals surface area contributed by atoms with Crippen molar-refractivity contribution in [3.63, 3.8) is 0 Å². The van der Waals surface area contributed by atoms with E-state index in [-0.39, 0.29) is 11.8 Å². The second-order valence-electron chi connectivity index (χ2n) is 4.87. The molecule has 1 fully saturated rings. The molecular weight excluding hydrogens is 240 g/mol. The summed E-state index contributed by atoms with van der Waals surface area (Å²) < 4.78 is 5.56. The molecular formula is C15H22N2O2. The van der Waals surface area contributed by atoms with Gasteiger partial charge < -0.3 is 15.4 Å². The topological polar surface area (TPSA) is 50.4 Å². The molecule has 1 aromatic rings. The first-order valence-electron chi connectivity index (χ1n) is 6.96. The van der Waals surface area contributed by atoms with Gasteiger partial charge in [-0.3, -0.25) is 4.79 Å². The molecule has 104 valence electrons. The molecule has 4 nitrogen and oxygen atoms in total. The molecule has 1 aromatic carbocycles. The number of carbonyl (C=O) groups is 1. The lowest BCUT2D eigenvalue weighted by atomic mass is 10.1. The Bertz CT molecular complexity index is 375. The van der Waals surface area contributed by atoms with Crippen molar-refractivity contribution in [2.24, 2.45) is 5.92 Å². The molecule has 0 bridgehead atoms. The van der Waals surface area contributed by atoms with E-state index < -0.39 is 0 Å². The molecule has 0 spiro atoms. The molecule has 0 saturated carbocycles. The second-order valence-corrected chi connectivity index (χ2v) is 4.87. The zero-order chi connectivity index (χ0) is 13.3. The molecule has 1 saturated heterocycles. The standard InChI is InChI=1S/C15H22N2O2/c18-15(14-7-9-16-11-14)17-8-4-10-19-12-13-5-2-1-3-6-13/h1-3,5-6,14,16H,4,7-12H2,(H,17,18). The Morgan fingerprint density at radius 1 is 1.37 bits per heavy atom. The van der Waals surface area contributed by atoms with Crippen LogP contribution in [0.4, 0.5) is 0 Å². The van der Waals surface area contributed by atoms with Crippen LogP contribution in [-0.2, 0) is 16.1 Å². The van der Waals surface area contributed by atoms with Gasteiger partial charge in [0.05, 0.1) is 12.5 Å². The summed E-state index contributed by atoms with van der Waals surface area (Å²) in [4.78, 5) is 11.7. The van der Waals surface area contributed by atoms with Crippen LogP contribution in [0.25, 0.3) is 0 Å². The van der Waals surface area contributed by atoms with E-state index in [1.54, 1.807) is 0 Å². The van der Waals surface area contributed by atoms with Crippen molar-refractivity contribution < 1.29 is 9.53 Å². The SMILES string of the molecule is O=C(NCCCOCc1ccccc1)C1CCNC1. The van der Waals surface area contributed by atoms with Crippen molar-refractivity contribution in [1.29, 1.82) is 0 Å². The predicted molar refractivity (Wildman–Crippen MR) is 74.7 cm³/mol. The summed E-state index contributed by atoms with van der Waals surface area (Å²) in [6.07, 6.45) is 1.81. The fourth-order valence-corrected chi connectivity index (χ4v) is 2.17. The summed E-state index contributed by atoms with van der Waals surface area (Å²) in [5, 5.41) is 6.16. The zero-order valence-electron chi connectivity index (χ0n) is 11.2. The summed E-state index contributed by atoms with van der Waals surface area (Å²) in [6.45, 7) is 3.79. The van der Waals surface area contributed by atoms with Crippen molar-refractivity contribution >= 4 is 5.91 Å². The lowest BCUT2D eigenvalue weighted by Gasteiger charge is -2.10. The normalized spacial score (nSPS) is 18.4. The van der Waals surface area contributed by atoms with Gasteiger partial charge in [-0.1, -0.05) is 30.3 Å². The molecule has 1 heterocycles. The van der Waals surface area contributed by atoms with E-state index in [0.29, 0.717) is 19.8 Å². The van der Waals surface area contributed by atoms with Crippen LogP contribution in [0.5, 0.6) is 0 Å². The van der Waals surface area contributed by atoms with Gasteiger partial charge in [0, 0.05) is 19.7 Å². The van der Waals surface area contributed by atoms with Gasteiger partial charge >= 0.3 is 0 Å². The van der Waals surface area contributed by atoms with Crippen molar-refractivity contribution in [2.75, 3.05) is 26.2 Å². The minimum atomic E-state index is 0.158. The van der Waals surface area contributed by atoms with Gasteiger partial charge in [-0.25, -0.2) is 0 Å². The van der Waals surface area contributed by atoms with E-state index in [4.69, 9.17) is 4.74 Å². The van der Waals surface area contributed by atoms with E-state index in [2.05, 4.69) is 22.8 Å². The van der Waals surface area contributed by atoms with E-state index >= 15 is 0 Å². The average molecular weight is 262 g/mol. The highest BCUT2D eigenvalue weighted by atomic mass is 16.5. The molecule has 1 aliphatic heterocycles. The number of hydrogen-bond donors (Lipinski definition) is 2. The van der Waals surface area contributed by atoms with Crippen molar-refractivity contribution in [3.8, 4) is 0 Å². The first-order valence-corrected chi connectivity index (χ1v) is 6.96. The van der Waals surface area contributed by atoms with Gasteiger partial charge in [-0.15, -0.1) is 0 Å². The third kappa shape index (κ3) is 5.01. The van der Waals surface area contributed by atoms with Crippen LogP contribution < -0.4 is 10.6 Å². The molecule has 2 rings (SSSR count). The molecule has 0 aliphatic carbocycles. The molecule has 1 atom stereocenters. The zero-order valence-corrected chi connectivity index (χ0v) is 11.2. The van der Waals surface area contributed by atoms with Crippen molar-refractivity contribution in [3.05, 3.63) is 35.9 Å². The van der Waals surface area contributed by atoms with E-state index in [1.165, 1.54) is 5.56 Å². The lowest BCUT2D eigenvalue weighted by molar-refractivity contribution is -0.124. The van der Waals surface area contributed by atoms with Crippen LogP contribution in [0.3, 0.4) is 0 Å². The Labute approximate surface area is 114 Å². The van der Waals surface area contributed by atoms with Crippen LogP contribution in [-0.4, -0.2) is 32.1 Å². The summed E-state index contributed by atoms with van der Waals surface area (Å²) >= 11 is 0. The van der Waals surface area contributed by atoms with E-state index in [9.17, 15) is 4.79 Å². The Morgan fingerprint density at radius 3 is 2.95 bits per heavy atom. The van der Waals surface area contributed by atoms with Crippen LogP contribution in [0.1, 0.15) is 18.4 Å². The molecule has 1 unspecified atom stereocenters. The second kappa shape index (κ2) is 7.92. The van der Waals surface area contributed by atoms with Gasteiger partial charge in [-0.05, 0) is 24.9 Å². The molecule has 2 N–H and O–H groups in total. The monoisotopic (exact) mass is 262 g/mol. The maximum absolute atomic E-state index is 11.7. The molecule has 19 heavy (non-hydrogen) atoms. The highest BCUT2D eigenvalue weighted by Crippen LogP contribution is 2.06. The Hall–Kier alpha value is -1.39. The van der Waals surface area contributed by atoms with Gasteiger partial charge in [0.15, 0.2) is 0 Å². The number of rotatable bonds is 7. The third-order valence-electron chi connectivity index (χ3n) is 3.31. The third-order valence-corrected chi connectivity index (χ3v) is 3.31. The first kappa shape index (κ1) is 14.0. The number of ether oxygens (including phenoxy) is 1. The molecule has 4 heteroatoms. The number of amides is 1. The number of hydrogen-bond acceptors (Lipinski definition) is 3. The average Bonchev–Trinajstić information content (AvgIpc) is 2.98. The van der Waals surface area contributed by atoms with Gasteiger partial charge in [0.25, 0.3) is 0 Å². The van der Waals surface area contributed by atoms with Crippen LogP contribution >= 0.6 is 0 Å². The van der Waals surface area contributed by atoms with E-state index in [1.807, 2.05) is 18.2 Å². The number of nitrogens with one attached hydrogen (secondary N) is 2. The smallest absolute Gasteiger partial charge is 0.224 e. The number of carbonyl (C=O) groups excluding carboxylic acids is 1. The molecule has 0 aromatic heterocycles. The Morgan fingerprint density at radius 2 is 2.21 bits per heavy atom. The summed E-state index contributed by atoms with van der Waals surface area (Å²) in [7, 11) is 0. The quantitative estimate of drug-likeness (QED) is 0.729. The fourth-order valence-electron chi connectivity index (χ4n) is 2.17. The van der Waals surface area contributed by atoms with E-state index in [0.717, 1.165) is 25.9 Å². The minimum absolute atomic E-state index is 0.158. The van der Waals surface area contributed by atoms with Gasteiger partial charge in [0.1, 0.15) is 0 Å². The maximum Gasteiger partial charge on any atom is 0.224 e. The van der Waals surface area contributed by atoms with Crippen molar-refractivity contribution in [1.82, 2.24) is 10.6 Å². The lowest BCUT2D eigenvalue weighted by Crippen LogP contribution is -2.32. The van der Waals surface area contributed by atoms with Crippen molar-refractivity contribution in [2.45, 2.75) is 19.4 Å². The molecule has 1 amide bonds. The Balaban J connectivity index is 1.49. The van der Waals surface area contributed by atoms with Gasteiger partial charge in [-0.2, -0.15) is 0 Å². The Kier molecular flexibility index (Phi) is 5.85. The summed E-state index contributed by atoms with van der Waals surface area (Å²) in [5.41, 5.74) is 1.18. The first-order chi connectivity index (χ1) is 9.36. The highest BCUT2D eigenvalue weighted by Gasteiger charge is 2.21. The predicted octanol–water partition coefficient (Wildman–Crippen LogP) is 1.32. The summed E-state index contributed by atoms with van der Waals surface area (Å²) in [6, 6.07) is 10.1. The molecule has 0 radical (unpaired) electrons. The van der Waals surface area contributed by atoms with Gasteiger partial charge in [0.2, 0.25) is 5.91 Å². The number of benzene rings is 1. The van der Waals surface area contributed by atoms with Crippen LogP contribution in [0.15, 0.2) is 30.3 Å².